The first-order valence-electron chi connectivity index (χ1n) is 9.96. The molecule has 2 aromatic rings. The van der Waals surface area contributed by atoms with E-state index in [4.69, 9.17) is 9.31 Å². The molecule has 0 bridgehead atoms. The standard InChI is InChI=1S/C20H28BN3O4/c1-11-12(2)17-13(10-14(11)21-27-19(3,4)20(5,6)28-21)18(26)24(23-22-17)15-8-7-9-16(15)25/h10,15-16,25H,7-9H2,1-6H3/t15-,16-/m0/s1. The summed E-state index contributed by atoms with van der Waals surface area (Å²) in [5, 5.41) is 19.2. The van der Waals surface area contributed by atoms with Gasteiger partial charge in [0.1, 0.15) is 5.52 Å². The van der Waals surface area contributed by atoms with Crippen LogP contribution < -0.4 is 11.0 Å². The van der Waals surface area contributed by atoms with Crippen molar-refractivity contribution < 1.29 is 14.4 Å². The van der Waals surface area contributed by atoms with Gasteiger partial charge in [-0.1, -0.05) is 5.21 Å². The molecule has 28 heavy (non-hydrogen) atoms. The van der Waals surface area contributed by atoms with Crippen molar-refractivity contribution in [1.82, 2.24) is 15.0 Å². The first-order chi connectivity index (χ1) is 13.0. The first-order valence-corrected chi connectivity index (χ1v) is 9.96. The Hall–Kier alpha value is -1.77. The lowest BCUT2D eigenvalue weighted by molar-refractivity contribution is 0.00578. The molecule has 0 amide bonds. The molecule has 0 spiro atoms. The Balaban J connectivity index is 1.86. The number of nitrogens with zero attached hydrogens (tertiary/aromatic N) is 3. The maximum absolute atomic E-state index is 13.2. The zero-order chi connectivity index (χ0) is 20.4. The fourth-order valence-corrected chi connectivity index (χ4v) is 4.12. The molecule has 4 rings (SSSR count). The van der Waals surface area contributed by atoms with Crippen LogP contribution in [-0.4, -0.2) is 44.5 Å². The molecular formula is C20H28BN3O4. The quantitative estimate of drug-likeness (QED) is 0.794. The maximum atomic E-state index is 13.2. The molecule has 2 heterocycles. The van der Waals surface area contributed by atoms with Crippen molar-refractivity contribution in [2.75, 3.05) is 0 Å². The van der Waals surface area contributed by atoms with E-state index in [1.54, 1.807) is 0 Å². The summed E-state index contributed by atoms with van der Waals surface area (Å²) in [5.41, 5.74) is 2.16. The van der Waals surface area contributed by atoms with E-state index in [0.717, 1.165) is 29.4 Å². The van der Waals surface area contributed by atoms with Gasteiger partial charge in [-0.15, -0.1) is 5.10 Å². The first kappa shape index (κ1) is 19.5. The summed E-state index contributed by atoms with van der Waals surface area (Å²) in [6, 6.07) is 1.51. The molecule has 1 aromatic heterocycles. The van der Waals surface area contributed by atoms with E-state index < -0.39 is 24.4 Å². The van der Waals surface area contributed by atoms with Gasteiger partial charge in [-0.3, -0.25) is 4.79 Å². The molecule has 1 N–H and O–H groups in total. The smallest absolute Gasteiger partial charge is 0.399 e. The minimum atomic E-state index is -0.557. The van der Waals surface area contributed by atoms with Gasteiger partial charge in [0.2, 0.25) is 0 Å². The number of rotatable bonds is 2. The van der Waals surface area contributed by atoms with Crippen molar-refractivity contribution in [2.45, 2.75) is 84.2 Å². The molecule has 0 unspecified atom stereocenters. The Morgan fingerprint density at radius 2 is 1.79 bits per heavy atom. The zero-order valence-electron chi connectivity index (χ0n) is 17.4. The van der Waals surface area contributed by atoms with Crippen LogP contribution in [0.1, 0.15) is 64.1 Å². The Bertz CT molecular complexity index is 985. The molecule has 150 valence electrons. The topological polar surface area (TPSA) is 86.5 Å². The van der Waals surface area contributed by atoms with Gasteiger partial charge in [0.25, 0.3) is 5.56 Å². The highest BCUT2D eigenvalue weighted by molar-refractivity contribution is 6.63. The van der Waals surface area contributed by atoms with Crippen molar-refractivity contribution in [3.8, 4) is 0 Å². The van der Waals surface area contributed by atoms with E-state index in [1.807, 2.05) is 47.6 Å². The highest BCUT2D eigenvalue weighted by Gasteiger charge is 2.52. The molecule has 2 fully saturated rings. The van der Waals surface area contributed by atoms with Gasteiger partial charge in [0.15, 0.2) is 0 Å². The molecule has 7 nitrogen and oxygen atoms in total. The normalized spacial score (nSPS) is 26.3. The fraction of sp³-hybridized carbons (Fsp3) is 0.650. The van der Waals surface area contributed by atoms with Gasteiger partial charge in [-0.2, -0.15) is 0 Å². The lowest BCUT2D eigenvalue weighted by atomic mass is 9.74. The van der Waals surface area contributed by atoms with Crippen molar-refractivity contribution in [3.63, 3.8) is 0 Å². The summed E-state index contributed by atoms with van der Waals surface area (Å²) in [6.07, 6.45) is 1.74. The van der Waals surface area contributed by atoms with Crippen molar-refractivity contribution in [1.29, 1.82) is 0 Å². The molecule has 2 atom stereocenters. The largest absolute Gasteiger partial charge is 0.495 e. The average molecular weight is 385 g/mol. The van der Waals surface area contributed by atoms with Crippen LogP contribution in [0.3, 0.4) is 0 Å². The van der Waals surface area contributed by atoms with Crippen LogP contribution in [0.2, 0.25) is 0 Å². The monoisotopic (exact) mass is 385 g/mol. The summed E-state index contributed by atoms with van der Waals surface area (Å²) in [5.74, 6) is 0. The van der Waals surface area contributed by atoms with Crippen LogP contribution in [0.4, 0.5) is 0 Å². The van der Waals surface area contributed by atoms with Crippen LogP contribution in [0.15, 0.2) is 10.9 Å². The number of hydrogen-bond donors (Lipinski definition) is 1. The Kier molecular flexibility index (Phi) is 4.45. The molecule has 2 aliphatic rings. The van der Waals surface area contributed by atoms with Gasteiger partial charge in [-0.05, 0) is 83.5 Å². The third kappa shape index (κ3) is 2.81. The van der Waals surface area contributed by atoms with E-state index in [2.05, 4.69) is 10.3 Å². The highest BCUT2D eigenvalue weighted by Crippen LogP contribution is 2.37. The van der Waals surface area contributed by atoms with Gasteiger partial charge in [0.05, 0.1) is 28.7 Å². The van der Waals surface area contributed by atoms with E-state index >= 15 is 0 Å². The van der Waals surface area contributed by atoms with Crippen molar-refractivity contribution >= 4 is 23.5 Å². The van der Waals surface area contributed by atoms with Crippen molar-refractivity contribution in [3.05, 3.63) is 27.5 Å². The van der Waals surface area contributed by atoms with E-state index in [-0.39, 0.29) is 11.6 Å². The number of aryl methyl sites for hydroxylation is 1. The molecule has 1 aromatic carbocycles. The SMILES string of the molecule is Cc1c(B2OC(C)(C)C(C)(C)O2)cc2c(=O)n([C@H]3CCC[C@@H]3O)nnc2c1C. The maximum Gasteiger partial charge on any atom is 0.495 e. The van der Waals surface area contributed by atoms with Gasteiger partial charge >= 0.3 is 7.12 Å². The molecule has 8 heteroatoms. The number of aromatic nitrogens is 3. The van der Waals surface area contributed by atoms with Gasteiger partial charge in [0, 0.05) is 0 Å². The molecular weight excluding hydrogens is 357 g/mol. The number of benzene rings is 1. The Labute approximate surface area is 165 Å². The number of aliphatic hydroxyl groups is 1. The van der Waals surface area contributed by atoms with E-state index in [1.165, 1.54) is 4.68 Å². The van der Waals surface area contributed by atoms with Crippen LogP contribution >= 0.6 is 0 Å². The lowest BCUT2D eigenvalue weighted by Crippen LogP contribution is -2.41. The Morgan fingerprint density at radius 1 is 1.14 bits per heavy atom. The minimum absolute atomic E-state index is 0.225. The van der Waals surface area contributed by atoms with Gasteiger partial charge in [-0.25, -0.2) is 4.68 Å². The second kappa shape index (κ2) is 6.37. The van der Waals surface area contributed by atoms with E-state index in [9.17, 15) is 9.90 Å². The fourth-order valence-electron chi connectivity index (χ4n) is 4.12. The highest BCUT2D eigenvalue weighted by atomic mass is 16.7. The summed E-state index contributed by atoms with van der Waals surface area (Å²) in [6.45, 7) is 12.0. The third-order valence-corrected chi connectivity index (χ3v) is 6.85. The predicted octanol–water partition coefficient (Wildman–Crippen LogP) is 1.79. The van der Waals surface area contributed by atoms with Gasteiger partial charge < -0.3 is 14.4 Å². The molecule has 1 saturated carbocycles. The molecule has 0 radical (unpaired) electrons. The van der Waals surface area contributed by atoms with Crippen LogP contribution in [0.25, 0.3) is 10.9 Å². The summed E-state index contributed by atoms with van der Waals surface area (Å²) >= 11 is 0. The number of fused-ring (bicyclic) bond motifs is 1. The summed E-state index contributed by atoms with van der Waals surface area (Å²) in [4.78, 5) is 13.2. The Morgan fingerprint density at radius 3 is 2.36 bits per heavy atom. The zero-order valence-corrected chi connectivity index (χ0v) is 17.4. The van der Waals surface area contributed by atoms with Crippen molar-refractivity contribution in [2.24, 2.45) is 0 Å². The number of hydrogen-bond acceptors (Lipinski definition) is 6. The second-order valence-corrected chi connectivity index (χ2v) is 9.10. The molecule has 1 saturated heterocycles. The predicted molar refractivity (Wildman–Crippen MR) is 108 cm³/mol. The number of aliphatic hydroxyl groups excluding tert-OH is 1. The second-order valence-electron chi connectivity index (χ2n) is 9.10. The van der Waals surface area contributed by atoms with E-state index in [0.29, 0.717) is 17.3 Å². The third-order valence-electron chi connectivity index (χ3n) is 6.85. The summed E-state index contributed by atoms with van der Waals surface area (Å²) < 4.78 is 13.8. The van der Waals surface area contributed by atoms with Crippen LogP contribution in [-0.2, 0) is 9.31 Å². The molecule has 1 aliphatic heterocycles. The summed E-state index contributed by atoms with van der Waals surface area (Å²) in [7, 11) is -0.550. The van der Waals surface area contributed by atoms with Crippen LogP contribution in [0, 0.1) is 13.8 Å². The minimum Gasteiger partial charge on any atom is -0.399 e. The average Bonchev–Trinajstić information content (AvgIpc) is 3.11. The lowest BCUT2D eigenvalue weighted by Gasteiger charge is -2.32. The molecule has 1 aliphatic carbocycles. The van der Waals surface area contributed by atoms with Crippen LogP contribution in [0.5, 0.6) is 0 Å².